The minimum atomic E-state index is -0.585. The topological polar surface area (TPSA) is 55.6 Å². The fourth-order valence-corrected chi connectivity index (χ4v) is 1.85. The van der Waals surface area contributed by atoms with Crippen molar-refractivity contribution < 1.29 is 9.53 Å². The van der Waals surface area contributed by atoms with Crippen LogP contribution in [-0.4, -0.2) is 26.6 Å². The van der Waals surface area contributed by atoms with E-state index in [1.165, 1.54) is 0 Å². The summed E-state index contributed by atoms with van der Waals surface area (Å²) >= 11 is 0. The van der Waals surface area contributed by atoms with Crippen molar-refractivity contribution in [3.63, 3.8) is 0 Å². The lowest BCUT2D eigenvalue weighted by atomic mass is 9.91. The van der Waals surface area contributed by atoms with Crippen LogP contribution in [-0.2, 0) is 4.79 Å². The van der Waals surface area contributed by atoms with E-state index in [0.29, 0.717) is 12.3 Å². The van der Waals surface area contributed by atoms with E-state index in [9.17, 15) is 4.79 Å². The molecule has 1 rings (SSSR count). The predicted molar refractivity (Wildman–Crippen MR) is 78.7 cm³/mol. The van der Waals surface area contributed by atoms with Crippen molar-refractivity contribution in [2.75, 3.05) is 25.6 Å². The monoisotopic (exact) mass is 264 g/mol. The summed E-state index contributed by atoms with van der Waals surface area (Å²) in [5, 5.41) is 0. The summed E-state index contributed by atoms with van der Waals surface area (Å²) in [6.07, 6.45) is 0. The summed E-state index contributed by atoms with van der Waals surface area (Å²) in [6.45, 7) is 8.04. The van der Waals surface area contributed by atoms with Gasteiger partial charge in [0.2, 0.25) is 5.91 Å². The molecule has 0 atom stereocenters. The number of nitrogens with zero attached hydrogens (tertiary/aromatic N) is 1. The molecule has 0 saturated heterocycles. The Kier molecular flexibility index (Phi) is 4.58. The van der Waals surface area contributed by atoms with E-state index < -0.39 is 5.41 Å². The van der Waals surface area contributed by atoms with Gasteiger partial charge in [-0.25, -0.2) is 0 Å². The lowest BCUT2D eigenvalue weighted by Crippen LogP contribution is -2.43. The molecule has 1 aromatic rings. The SMILES string of the molecule is COc1cc(C)c(C)cc1N(C)C(=O)C(C)(C)CN. The van der Waals surface area contributed by atoms with Crippen molar-refractivity contribution in [1.29, 1.82) is 0 Å². The van der Waals surface area contributed by atoms with Crippen molar-refractivity contribution in [2.45, 2.75) is 27.7 Å². The number of hydrogen-bond donors (Lipinski definition) is 1. The molecule has 2 N–H and O–H groups in total. The maximum Gasteiger partial charge on any atom is 0.233 e. The molecule has 4 nitrogen and oxygen atoms in total. The zero-order valence-corrected chi connectivity index (χ0v) is 12.7. The summed E-state index contributed by atoms with van der Waals surface area (Å²) in [5.74, 6) is 0.684. The molecule has 4 heteroatoms. The first-order chi connectivity index (χ1) is 8.74. The third kappa shape index (κ3) is 3.07. The zero-order chi connectivity index (χ0) is 14.8. The van der Waals surface area contributed by atoms with Crippen molar-refractivity contribution in [3.05, 3.63) is 23.3 Å². The second kappa shape index (κ2) is 5.61. The number of methoxy groups -OCH3 is 1. The highest BCUT2D eigenvalue weighted by Gasteiger charge is 2.30. The Bertz CT molecular complexity index is 481. The Balaban J connectivity index is 3.23. The predicted octanol–water partition coefficient (Wildman–Crippen LogP) is 2.26. The van der Waals surface area contributed by atoms with Gasteiger partial charge in [0.15, 0.2) is 0 Å². The smallest absolute Gasteiger partial charge is 0.233 e. The molecule has 0 aromatic heterocycles. The van der Waals surface area contributed by atoms with Crippen molar-refractivity contribution in [2.24, 2.45) is 11.1 Å². The Labute approximate surface area is 115 Å². The molecule has 0 saturated carbocycles. The molecule has 19 heavy (non-hydrogen) atoms. The maximum absolute atomic E-state index is 12.5. The number of aryl methyl sites for hydroxylation is 2. The van der Waals surface area contributed by atoms with Crippen LogP contribution in [0.1, 0.15) is 25.0 Å². The van der Waals surface area contributed by atoms with Crippen molar-refractivity contribution in [1.82, 2.24) is 0 Å². The molecule has 0 radical (unpaired) electrons. The van der Waals surface area contributed by atoms with E-state index in [0.717, 1.165) is 16.8 Å². The zero-order valence-electron chi connectivity index (χ0n) is 12.7. The molecule has 0 aliphatic rings. The molecular weight excluding hydrogens is 240 g/mol. The quantitative estimate of drug-likeness (QED) is 0.907. The second-order valence-electron chi connectivity index (χ2n) is 5.56. The lowest BCUT2D eigenvalue weighted by molar-refractivity contribution is -0.125. The number of hydrogen-bond acceptors (Lipinski definition) is 3. The Hall–Kier alpha value is -1.55. The first-order valence-electron chi connectivity index (χ1n) is 6.38. The van der Waals surface area contributed by atoms with Gasteiger partial charge in [0, 0.05) is 13.6 Å². The summed E-state index contributed by atoms with van der Waals surface area (Å²) in [7, 11) is 3.37. The standard InChI is InChI=1S/C15H24N2O2/c1-10-7-12(13(19-6)8-11(10)2)17(5)14(18)15(3,4)9-16/h7-8H,9,16H2,1-6H3. The van der Waals surface area contributed by atoms with Gasteiger partial charge in [-0.3, -0.25) is 4.79 Å². The van der Waals surface area contributed by atoms with Crippen LogP contribution in [0.5, 0.6) is 5.75 Å². The van der Waals surface area contributed by atoms with Gasteiger partial charge in [0.1, 0.15) is 5.75 Å². The van der Waals surface area contributed by atoms with Gasteiger partial charge in [0.25, 0.3) is 0 Å². The third-order valence-corrected chi connectivity index (χ3v) is 3.55. The highest BCUT2D eigenvalue weighted by molar-refractivity contribution is 5.98. The van der Waals surface area contributed by atoms with Crippen LogP contribution in [0.3, 0.4) is 0 Å². The largest absolute Gasteiger partial charge is 0.495 e. The van der Waals surface area contributed by atoms with E-state index in [-0.39, 0.29) is 5.91 Å². The number of nitrogens with two attached hydrogens (primary N) is 1. The first kappa shape index (κ1) is 15.5. The Morgan fingerprint density at radius 1 is 1.32 bits per heavy atom. The number of ether oxygens (including phenoxy) is 1. The van der Waals surface area contributed by atoms with Gasteiger partial charge in [-0.05, 0) is 51.0 Å². The molecule has 0 heterocycles. The summed E-state index contributed by atoms with van der Waals surface area (Å²) < 4.78 is 5.37. The highest BCUT2D eigenvalue weighted by Crippen LogP contribution is 2.32. The van der Waals surface area contributed by atoms with Crippen LogP contribution in [0, 0.1) is 19.3 Å². The Morgan fingerprint density at radius 3 is 2.32 bits per heavy atom. The number of carbonyl (C=O) groups excluding carboxylic acids is 1. The normalized spacial score (nSPS) is 11.3. The van der Waals surface area contributed by atoms with E-state index in [1.54, 1.807) is 19.1 Å². The van der Waals surface area contributed by atoms with E-state index in [2.05, 4.69) is 0 Å². The second-order valence-corrected chi connectivity index (χ2v) is 5.56. The maximum atomic E-state index is 12.5. The van der Waals surface area contributed by atoms with Crippen LogP contribution in [0.2, 0.25) is 0 Å². The number of amides is 1. The first-order valence-corrected chi connectivity index (χ1v) is 6.38. The summed E-state index contributed by atoms with van der Waals surface area (Å²) in [5.41, 5.74) is 8.12. The molecule has 0 spiro atoms. The molecule has 0 unspecified atom stereocenters. The molecule has 106 valence electrons. The molecule has 1 aromatic carbocycles. The van der Waals surface area contributed by atoms with Crippen LogP contribution in [0.25, 0.3) is 0 Å². The average Bonchev–Trinajstić information content (AvgIpc) is 2.39. The van der Waals surface area contributed by atoms with Gasteiger partial charge in [-0.2, -0.15) is 0 Å². The third-order valence-electron chi connectivity index (χ3n) is 3.55. The summed E-state index contributed by atoms with van der Waals surface area (Å²) in [4.78, 5) is 14.1. The van der Waals surface area contributed by atoms with E-state index in [4.69, 9.17) is 10.5 Å². The lowest BCUT2D eigenvalue weighted by Gasteiger charge is -2.29. The van der Waals surface area contributed by atoms with Gasteiger partial charge in [-0.1, -0.05) is 0 Å². The van der Waals surface area contributed by atoms with Crippen molar-refractivity contribution >= 4 is 11.6 Å². The van der Waals surface area contributed by atoms with Gasteiger partial charge in [0.05, 0.1) is 18.2 Å². The fourth-order valence-electron chi connectivity index (χ4n) is 1.85. The minimum Gasteiger partial charge on any atom is -0.495 e. The summed E-state index contributed by atoms with van der Waals surface area (Å²) in [6, 6.07) is 3.92. The Morgan fingerprint density at radius 2 is 1.84 bits per heavy atom. The van der Waals surface area contributed by atoms with Crippen LogP contribution < -0.4 is 15.4 Å². The van der Waals surface area contributed by atoms with Gasteiger partial charge in [-0.15, -0.1) is 0 Å². The molecule has 0 fully saturated rings. The van der Waals surface area contributed by atoms with Crippen LogP contribution in [0.15, 0.2) is 12.1 Å². The number of anilines is 1. The molecule has 0 aliphatic heterocycles. The van der Waals surface area contributed by atoms with Gasteiger partial charge < -0.3 is 15.4 Å². The van der Waals surface area contributed by atoms with Gasteiger partial charge >= 0.3 is 0 Å². The molecule has 0 aliphatic carbocycles. The molecular formula is C15H24N2O2. The minimum absolute atomic E-state index is 0.0171. The fraction of sp³-hybridized carbons (Fsp3) is 0.533. The number of carbonyl (C=O) groups is 1. The van der Waals surface area contributed by atoms with Crippen LogP contribution >= 0.6 is 0 Å². The van der Waals surface area contributed by atoms with E-state index in [1.807, 2.05) is 39.8 Å². The van der Waals surface area contributed by atoms with E-state index >= 15 is 0 Å². The molecule has 1 amide bonds. The molecule has 0 bridgehead atoms. The van der Waals surface area contributed by atoms with Crippen LogP contribution in [0.4, 0.5) is 5.69 Å². The van der Waals surface area contributed by atoms with Crippen molar-refractivity contribution in [3.8, 4) is 5.75 Å². The number of benzene rings is 1. The number of rotatable bonds is 4. The highest BCUT2D eigenvalue weighted by atomic mass is 16.5. The average molecular weight is 264 g/mol.